The number of benzene rings is 1. The van der Waals surface area contributed by atoms with E-state index in [1.54, 1.807) is 6.92 Å². The van der Waals surface area contributed by atoms with E-state index in [1.165, 1.54) is 4.68 Å². The van der Waals surface area contributed by atoms with Crippen molar-refractivity contribution in [2.24, 2.45) is 5.73 Å². The van der Waals surface area contributed by atoms with Crippen LogP contribution in [0.3, 0.4) is 0 Å². The fourth-order valence-corrected chi connectivity index (χ4v) is 2.08. The Bertz CT molecular complexity index is 610. The second-order valence-corrected chi connectivity index (χ2v) is 4.78. The van der Waals surface area contributed by atoms with E-state index in [1.807, 2.05) is 30.3 Å². The number of amides is 2. The van der Waals surface area contributed by atoms with Gasteiger partial charge in [0.1, 0.15) is 5.02 Å². The average Bonchev–Trinajstić information content (AvgIpc) is 2.68. The Kier molecular flexibility index (Phi) is 4.26. The number of primary amides is 1. The van der Waals surface area contributed by atoms with Gasteiger partial charge in [-0.05, 0) is 19.1 Å². The molecule has 0 fully saturated rings. The second kappa shape index (κ2) is 5.94. The van der Waals surface area contributed by atoms with E-state index in [0.29, 0.717) is 11.5 Å². The maximum absolute atomic E-state index is 11.1. The Balaban J connectivity index is 2.51. The monoisotopic (exact) mass is 294 g/mol. The largest absolute Gasteiger partial charge is 0.393 e. The summed E-state index contributed by atoms with van der Waals surface area (Å²) in [5.74, 6) is 0.293. The summed E-state index contributed by atoms with van der Waals surface area (Å²) in [6, 6.07) is 8.46. The van der Waals surface area contributed by atoms with Crippen LogP contribution in [0.4, 0.5) is 10.6 Å². The van der Waals surface area contributed by atoms with Crippen molar-refractivity contribution in [1.29, 1.82) is 0 Å². The third-order valence-electron chi connectivity index (χ3n) is 2.62. The zero-order valence-corrected chi connectivity index (χ0v) is 11.6. The number of aliphatic hydroxyl groups excluding tert-OH is 1. The maximum atomic E-state index is 11.1. The first-order valence-corrected chi connectivity index (χ1v) is 6.44. The Morgan fingerprint density at radius 1 is 1.50 bits per heavy atom. The molecule has 1 heterocycles. The van der Waals surface area contributed by atoms with E-state index in [0.717, 1.165) is 5.69 Å². The van der Waals surface area contributed by atoms with Gasteiger partial charge in [0.05, 0.1) is 17.5 Å². The van der Waals surface area contributed by atoms with Crippen LogP contribution in [-0.2, 0) is 6.42 Å². The van der Waals surface area contributed by atoms with Gasteiger partial charge in [-0.15, -0.1) is 0 Å². The Morgan fingerprint density at radius 3 is 2.70 bits per heavy atom. The van der Waals surface area contributed by atoms with Crippen molar-refractivity contribution in [1.82, 2.24) is 9.78 Å². The molecular weight excluding hydrogens is 280 g/mol. The fraction of sp³-hybridized carbons (Fsp3) is 0.231. The number of halogens is 1. The molecule has 0 spiro atoms. The van der Waals surface area contributed by atoms with E-state index < -0.39 is 12.1 Å². The number of rotatable bonds is 4. The number of hydrogen-bond donors (Lipinski definition) is 3. The molecule has 106 valence electrons. The first kappa shape index (κ1) is 14.4. The van der Waals surface area contributed by atoms with Gasteiger partial charge in [0.15, 0.2) is 5.82 Å². The zero-order chi connectivity index (χ0) is 14.7. The number of aliphatic hydroxyl groups is 1. The second-order valence-electron chi connectivity index (χ2n) is 4.40. The topological polar surface area (TPSA) is 93.2 Å². The van der Waals surface area contributed by atoms with E-state index in [-0.39, 0.29) is 11.4 Å². The molecule has 1 aromatic carbocycles. The lowest BCUT2D eigenvalue weighted by molar-refractivity contribution is 0.194. The quantitative estimate of drug-likeness (QED) is 0.804. The Hall–Kier alpha value is -2.05. The lowest BCUT2D eigenvalue weighted by atomic mass is 10.2. The molecule has 2 aromatic rings. The predicted octanol–water partition coefficient (Wildman–Crippen LogP) is 1.94. The summed E-state index contributed by atoms with van der Waals surface area (Å²) < 4.78 is 1.49. The predicted molar refractivity (Wildman–Crippen MR) is 77.2 cm³/mol. The van der Waals surface area contributed by atoms with Crippen LogP contribution < -0.4 is 11.1 Å². The van der Waals surface area contributed by atoms with E-state index in [2.05, 4.69) is 10.4 Å². The lowest BCUT2D eigenvalue weighted by Crippen LogP contribution is -2.21. The number of para-hydroxylation sites is 1. The first-order chi connectivity index (χ1) is 9.49. The number of nitrogens with zero attached hydrogens (tertiary/aromatic N) is 2. The molecule has 20 heavy (non-hydrogen) atoms. The van der Waals surface area contributed by atoms with E-state index in [4.69, 9.17) is 17.3 Å². The minimum absolute atomic E-state index is 0.272. The molecule has 4 N–H and O–H groups in total. The van der Waals surface area contributed by atoms with Gasteiger partial charge in [-0.25, -0.2) is 9.48 Å². The number of carbonyl (C=O) groups is 1. The molecule has 6 nitrogen and oxygen atoms in total. The molecule has 0 radical (unpaired) electrons. The van der Waals surface area contributed by atoms with Crippen LogP contribution in [0.2, 0.25) is 5.02 Å². The van der Waals surface area contributed by atoms with Crippen molar-refractivity contribution in [2.75, 3.05) is 5.32 Å². The van der Waals surface area contributed by atoms with Gasteiger partial charge in [0.25, 0.3) is 0 Å². The molecule has 1 unspecified atom stereocenters. The highest BCUT2D eigenvalue weighted by Gasteiger charge is 2.19. The minimum Gasteiger partial charge on any atom is -0.393 e. The summed E-state index contributed by atoms with van der Waals surface area (Å²) in [4.78, 5) is 11.1. The standard InChI is InChI=1S/C13H15ClN4O2/c1-8(19)7-10-11(14)12(16-13(15)20)18(17-10)9-5-3-2-4-6-9/h2-6,8,19H,7H2,1H3,(H3,15,16,20). The van der Waals surface area contributed by atoms with E-state index in [9.17, 15) is 9.90 Å². The van der Waals surface area contributed by atoms with E-state index >= 15 is 0 Å². The molecular formula is C13H15ClN4O2. The molecule has 0 saturated carbocycles. The molecule has 1 aromatic heterocycles. The van der Waals surface area contributed by atoms with Crippen LogP contribution in [0.15, 0.2) is 30.3 Å². The van der Waals surface area contributed by atoms with Crippen molar-refractivity contribution in [2.45, 2.75) is 19.4 Å². The number of hydrogen-bond acceptors (Lipinski definition) is 3. The highest BCUT2D eigenvalue weighted by molar-refractivity contribution is 6.34. The van der Waals surface area contributed by atoms with Gasteiger partial charge in [0, 0.05) is 6.42 Å². The summed E-state index contributed by atoms with van der Waals surface area (Å²) >= 11 is 6.20. The molecule has 0 aliphatic heterocycles. The number of nitrogens with two attached hydrogens (primary N) is 1. The molecule has 0 bridgehead atoms. The van der Waals surface area contributed by atoms with Gasteiger partial charge >= 0.3 is 6.03 Å². The number of carbonyl (C=O) groups excluding carboxylic acids is 1. The van der Waals surface area contributed by atoms with Gasteiger partial charge in [0.2, 0.25) is 0 Å². The minimum atomic E-state index is -0.729. The molecule has 7 heteroatoms. The molecule has 1 atom stereocenters. The number of aromatic nitrogens is 2. The molecule has 0 saturated heterocycles. The SMILES string of the molecule is CC(O)Cc1nn(-c2ccccc2)c(NC(N)=O)c1Cl. The van der Waals surface area contributed by atoms with Crippen LogP contribution in [-0.4, -0.2) is 27.0 Å². The van der Waals surface area contributed by atoms with Crippen LogP contribution in [0, 0.1) is 0 Å². The van der Waals surface area contributed by atoms with Gasteiger partial charge in [-0.2, -0.15) is 5.10 Å². The average molecular weight is 295 g/mol. The third-order valence-corrected chi connectivity index (χ3v) is 3.02. The molecule has 0 aliphatic carbocycles. The number of nitrogens with one attached hydrogen (secondary N) is 1. The first-order valence-electron chi connectivity index (χ1n) is 6.06. The number of anilines is 1. The Labute approximate surface area is 121 Å². The van der Waals surface area contributed by atoms with Crippen molar-refractivity contribution in [3.8, 4) is 5.69 Å². The normalized spacial score (nSPS) is 12.2. The smallest absolute Gasteiger partial charge is 0.317 e. The zero-order valence-electron chi connectivity index (χ0n) is 10.9. The van der Waals surface area contributed by atoms with Crippen molar-refractivity contribution in [3.63, 3.8) is 0 Å². The van der Waals surface area contributed by atoms with Crippen molar-refractivity contribution < 1.29 is 9.90 Å². The van der Waals surface area contributed by atoms with Crippen LogP contribution >= 0.6 is 11.6 Å². The summed E-state index contributed by atoms with van der Waals surface area (Å²) in [5, 5.41) is 16.5. The summed E-state index contributed by atoms with van der Waals surface area (Å²) in [5.41, 5.74) is 6.38. The fourth-order valence-electron chi connectivity index (χ4n) is 1.84. The van der Waals surface area contributed by atoms with Crippen LogP contribution in [0.25, 0.3) is 5.69 Å². The summed E-state index contributed by atoms with van der Waals surface area (Å²) in [6.45, 7) is 1.64. The lowest BCUT2D eigenvalue weighted by Gasteiger charge is -2.07. The molecule has 0 aliphatic rings. The highest BCUT2D eigenvalue weighted by atomic mass is 35.5. The van der Waals surface area contributed by atoms with Gasteiger partial charge in [-0.3, -0.25) is 5.32 Å². The van der Waals surface area contributed by atoms with Crippen LogP contribution in [0.1, 0.15) is 12.6 Å². The van der Waals surface area contributed by atoms with Gasteiger partial charge < -0.3 is 10.8 Å². The van der Waals surface area contributed by atoms with Crippen molar-refractivity contribution >= 4 is 23.4 Å². The number of urea groups is 1. The summed E-state index contributed by atoms with van der Waals surface area (Å²) in [7, 11) is 0. The molecule has 2 rings (SSSR count). The third kappa shape index (κ3) is 3.09. The highest BCUT2D eigenvalue weighted by Crippen LogP contribution is 2.29. The molecule has 2 amide bonds. The Morgan fingerprint density at radius 2 is 2.15 bits per heavy atom. The van der Waals surface area contributed by atoms with Gasteiger partial charge in [-0.1, -0.05) is 29.8 Å². The van der Waals surface area contributed by atoms with Crippen molar-refractivity contribution in [3.05, 3.63) is 41.0 Å². The van der Waals surface area contributed by atoms with Crippen LogP contribution in [0.5, 0.6) is 0 Å². The maximum Gasteiger partial charge on any atom is 0.317 e. The summed E-state index contributed by atoms with van der Waals surface area (Å²) in [6.07, 6.45) is -0.306.